The number of hydrogen-bond donors (Lipinski definition) is 2. The lowest BCUT2D eigenvalue weighted by molar-refractivity contribution is 0.0932. The zero-order valence-electron chi connectivity index (χ0n) is 11.6. The minimum absolute atomic E-state index is 0.00296. The summed E-state index contributed by atoms with van der Waals surface area (Å²) < 4.78 is 0. The van der Waals surface area contributed by atoms with Crippen LogP contribution >= 0.6 is 0 Å². The van der Waals surface area contributed by atoms with Crippen LogP contribution in [0.25, 0.3) is 11.0 Å². The number of nitrogens with zero attached hydrogens (tertiary/aromatic N) is 1. The number of H-pyrrole nitrogens is 1. The van der Waals surface area contributed by atoms with Crippen LogP contribution in [0.5, 0.6) is 0 Å². The minimum Gasteiger partial charge on any atom is -0.349 e. The monoisotopic (exact) mass is 259 g/mol. The van der Waals surface area contributed by atoms with E-state index in [9.17, 15) is 4.79 Å². The number of amides is 1. The highest BCUT2D eigenvalue weighted by atomic mass is 16.1. The van der Waals surface area contributed by atoms with Gasteiger partial charge in [-0.05, 0) is 31.0 Å². The molecule has 0 spiro atoms. The van der Waals surface area contributed by atoms with Gasteiger partial charge in [-0.3, -0.25) is 4.79 Å². The van der Waals surface area contributed by atoms with Crippen LogP contribution < -0.4 is 5.32 Å². The van der Waals surface area contributed by atoms with Crippen LogP contribution in [0.4, 0.5) is 0 Å². The lowest BCUT2D eigenvalue weighted by Crippen LogP contribution is -2.34. The lowest BCUT2D eigenvalue weighted by atomic mass is 10.1. The zero-order chi connectivity index (χ0) is 13.7. The van der Waals surface area contributed by atoms with Crippen LogP contribution in [0.3, 0.4) is 0 Å². The second kappa shape index (κ2) is 6.36. The van der Waals surface area contributed by atoms with Crippen LogP contribution in [-0.4, -0.2) is 21.9 Å². The van der Waals surface area contributed by atoms with Crippen molar-refractivity contribution < 1.29 is 4.79 Å². The highest BCUT2D eigenvalue weighted by Gasteiger charge is 2.13. The molecule has 0 unspecified atom stereocenters. The van der Waals surface area contributed by atoms with E-state index in [-0.39, 0.29) is 11.9 Å². The van der Waals surface area contributed by atoms with Crippen molar-refractivity contribution in [2.75, 3.05) is 0 Å². The SMILES string of the molecule is CCCC(CCC)NC(=O)c1ccc2[nH]cnc2c1. The normalized spacial score (nSPS) is 11.1. The summed E-state index contributed by atoms with van der Waals surface area (Å²) in [6, 6.07) is 5.84. The number of benzene rings is 1. The molecule has 0 fully saturated rings. The number of carbonyl (C=O) groups is 1. The van der Waals surface area contributed by atoms with E-state index in [4.69, 9.17) is 0 Å². The average Bonchev–Trinajstić information content (AvgIpc) is 2.86. The summed E-state index contributed by atoms with van der Waals surface area (Å²) in [4.78, 5) is 19.4. The van der Waals surface area contributed by atoms with E-state index >= 15 is 0 Å². The van der Waals surface area contributed by atoms with Crippen molar-refractivity contribution in [2.24, 2.45) is 0 Å². The Morgan fingerprint density at radius 3 is 2.74 bits per heavy atom. The zero-order valence-corrected chi connectivity index (χ0v) is 11.6. The van der Waals surface area contributed by atoms with Gasteiger partial charge in [-0.1, -0.05) is 26.7 Å². The van der Waals surface area contributed by atoms with Gasteiger partial charge in [-0.25, -0.2) is 4.98 Å². The van der Waals surface area contributed by atoms with E-state index < -0.39 is 0 Å². The van der Waals surface area contributed by atoms with Gasteiger partial charge in [0.25, 0.3) is 5.91 Å². The highest BCUT2D eigenvalue weighted by molar-refractivity contribution is 5.97. The number of nitrogens with one attached hydrogen (secondary N) is 2. The van der Waals surface area contributed by atoms with Crippen molar-refractivity contribution in [3.8, 4) is 0 Å². The summed E-state index contributed by atoms with van der Waals surface area (Å²) in [6.45, 7) is 4.29. The van der Waals surface area contributed by atoms with Crippen molar-refractivity contribution >= 4 is 16.9 Å². The van der Waals surface area contributed by atoms with E-state index in [1.54, 1.807) is 6.33 Å². The first-order chi connectivity index (χ1) is 9.24. The predicted molar refractivity (Wildman–Crippen MR) is 77.2 cm³/mol. The van der Waals surface area contributed by atoms with Crippen molar-refractivity contribution in [2.45, 2.75) is 45.6 Å². The standard InChI is InChI=1S/C15H21N3O/c1-3-5-12(6-4-2)18-15(19)11-7-8-13-14(9-11)17-10-16-13/h7-10,12H,3-6H2,1-2H3,(H,16,17)(H,18,19). The van der Waals surface area contributed by atoms with Crippen LogP contribution in [0.1, 0.15) is 49.9 Å². The maximum atomic E-state index is 12.2. The van der Waals surface area contributed by atoms with E-state index in [2.05, 4.69) is 29.1 Å². The first kappa shape index (κ1) is 13.6. The molecule has 0 bridgehead atoms. The van der Waals surface area contributed by atoms with Crippen LogP contribution in [0.15, 0.2) is 24.5 Å². The third-order valence-corrected chi connectivity index (χ3v) is 3.29. The van der Waals surface area contributed by atoms with Crippen molar-refractivity contribution in [3.05, 3.63) is 30.1 Å². The van der Waals surface area contributed by atoms with E-state index in [0.717, 1.165) is 36.7 Å². The fourth-order valence-corrected chi connectivity index (χ4v) is 2.33. The van der Waals surface area contributed by atoms with Gasteiger partial charge < -0.3 is 10.3 Å². The molecule has 0 atom stereocenters. The summed E-state index contributed by atoms with van der Waals surface area (Å²) in [6.07, 6.45) is 5.88. The Morgan fingerprint density at radius 1 is 1.32 bits per heavy atom. The number of fused-ring (bicyclic) bond motifs is 1. The predicted octanol–water partition coefficient (Wildman–Crippen LogP) is 3.26. The summed E-state index contributed by atoms with van der Waals surface area (Å²) in [5.74, 6) is -0.00296. The second-order valence-electron chi connectivity index (χ2n) is 4.88. The number of rotatable bonds is 6. The Bertz CT molecular complexity index is 541. The lowest BCUT2D eigenvalue weighted by Gasteiger charge is -2.17. The van der Waals surface area contributed by atoms with Crippen molar-refractivity contribution in [1.29, 1.82) is 0 Å². The number of carbonyl (C=O) groups excluding carboxylic acids is 1. The number of aromatic nitrogens is 2. The molecule has 1 aromatic heterocycles. The minimum atomic E-state index is -0.00296. The quantitative estimate of drug-likeness (QED) is 0.836. The number of imidazole rings is 1. The molecule has 0 aliphatic heterocycles. The fourth-order valence-electron chi connectivity index (χ4n) is 2.33. The summed E-state index contributed by atoms with van der Waals surface area (Å²) in [5.41, 5.74) is 2.46. The highest BCUT2D eigenvalue weighted by Crippen LogP contribution is 2.12. The Kier molecular flexibility index (Phi) is 4.55. The smallest absolute Gasteiger partial charge is 0.251 e. The first-order valence-corrected chi connectivity index (χ1v) is 6.98. The van der Waals surface area contributed by atoms with E-state index in [1.807, 2.05) is 18.2 Å². The van der Waals surface area contributed by atoms with E-state index in [1.165, 1.54) is 0 Å². The fraction of sp³-hybridized carbons (Fsp3) is 0.467. The van der Waals surface area contributed by atoms with Gasteiger partial charge >= 0.3 is 0 Å². The second-order valence-corrected chi connectivity index (χ2v) is 4.88. The molecule has 2 rings (SSSR count). The molecule has 0 saturated heterocycles. The first-order valence-electron chi connectivity index (χ1n) is 6.98. The molecule has 1 heterocycles. The van der Waals surface area contributed by atoms with Gasteiger partial charge in [0.2, 0.25) is 0 Å². The Morgan fingerprint density at radius 2 is 2.05 bits per heavy atom. The molecular weight excluding hydrogens is 238 g/mol. The summed E-state index contributed by atoms with van der Waals surface area (Å²) in [7, 11) is 0. The molecule has 2 N–H and O–H groups in total. The molecule has 1 amide bonds. The van der Waals surface area contributed by atoms with Gasteiger partial charge in [0.15, 0.2) is 0 Å². The maximum Gasteiger partial charge on any atom is 0.251 e. The summed E-state index contributed by atoms with van der Waals surface area (Å²) in [5, 5.41) is 3.12. The van der Waals surface area contributed by atoms with Gasteiger partial charge in [0, 0.05) is 11.6 Å². The molecule has 0 aliphatic carbocycles. The Balaban J connectivity index is 2.09. The molecule has 1 aromatic carbocycles. The number of aromatic amines is 1. The summed E-state index contributed by atoms with van der Waals surface area (Å²) >= 11 is 0. The molecule has 0 aliphatic rings. The van der Waals surface area contributed by atoms with Crippen molar-refractivity contribution in [1.82, 2.24) is 15.3 Å². The average molecular weight is 259 g/mol. The van der Waals surface area contributed by atoms with E-state index in [0.29, 0.717) is 5.56 Å². The molecule has 4 heteroatoms. The molecule has 2 aromatic rings. The Hall–Kier alpha value is -1.84. The molecule has 0 saturated carbocycles. The van der Waals surface area contributed by atoms with Gasteiger partial charge in [0.1, 0.15) is 0 Å². The third kappa shape index (κ3) is 3.34. The van der Waals surface area contributed by atoms with Gasteiger partial charge in [0.05, 0.1) is 17.4 Å². The topological polar surface area (TPSA) is 57.8 Å². The van der Waals surface area contributed by atoms with Crippen LogP contribution in [0, 0.1) is 0 Å². The molecule has 102 valence electrons. The molecule has 0 radical (unpaired) electrons. The third-order valence-electron chi connectivity index (χ3n) is 3.29. The van der Waals surface area contributed by atoms with Gasteiger partial charge in [-0.2, -0.15) is 0 Å². The number of hydrogen-bond acceptors (Lipinski definition) is 2. The largest absolute Gasteiger partial charge is 0.349 e. The van der Waals surface area contributed by atoms with Crippen molar-refractivity contribution in [3.63, 3.8) is 0 Å². The maximum absolute atomic E-state index is 12.2. The van der Waals surface area contributed by atoms with Crippen LogP contribution in [-0.2, 0) is 0 Å². The van der Waals surface area contributed by atoms with Crippen LogP contribution in [0.2, 0.25) is 0 Å². The Labute approximate surface area is 113 Å². The molecule has 4 nitrogen and oxygen atoms in total. The van der Waals surface area contributed by atoms with Gasteiger partial charge in [-0.15, -0.1) is 0 Å². The molecular formula is C15H21N3O. The molecule has 19 heavy (non-hydrogen) atoms.